The summed E-state index contributed by atoms with van der Waals surface area (Å²) in [5.74, 6) is -1.12. The molecule has 2 rings (SSSR count). The van der Waals surface area contributed by atoms with E-state index in [1.165, 1.54) is 6.07 Å². The summed E-state index contributed by atoms with van der Waals surface area (Å²) in [5, 5.41) is 8.99. The first-order chi connectivity index (χ1) is 8.66. The Balaban J connectivity index is 2.41. The molecule has 18 heavy (non-hydrogen) atoms. The van der Waals surface area contributed by atoms with Crippen molar-refractivity contribution in [3.8, 4) is 5.69 Å². The lowest BCUT2D eigenvalue weighted by atomic mass is 10.4. The fraction of sp³-hybridized carbons (Fsp3) is 0.0909. The van der Waals surface area contributed by atoms with Crippen LogP contribution in [-0.4, -0.2) is 31.4 Å². The maximum absolute atomic E-state index is 11.2. The highest BCUT2D eigenvalue weighted by molar-refractivity contribution is 7.99. The van der Waals surface area contributed by atoms with Gasteiger partial charge < -0.3 is 5.11 Å². The van der Waals surface area contributed by atoms with Crippen molar-refractivity contribution in [1.29, 1.82) is 0 Å². The lowest BCUT2D eigenvalue weighted by Gasteiger charge is -2.09. The number of carboxylic acid groups (broad SMARTS) is 1. The van der Waals surface area contributed by atoms with Gasteiger partial charge in [0.2, 0.25) is 0 Å². The molecule has 2 heterocycles. The van der Waals surface area contributed by atoms with Crippen LogP contribution in [0.1, 0.15) is 0 Å². The quantitative estimate of drug-likeness (QED) is 0.649. The second-order valence-corrected chi connectivity index (χ2v) is 4.25. The number of hydrogen-bond acceptors (Lipinski definition) is 5. The Morgan fingerprint density at radius 1 is 1.44 bits per heavy atom. The molecule has 0 aromatic carbocycles. The summed E-state index contributed by atoms with van der Waals surface area (Å²) >= 11 is 0.989. The molecule has 2 aromatic heterocycles. The van der Waals surface area contributed by atoms with Gasteiger partial charge in [-0.3, -0.25) is 19.1 Å². The molecule has 0 aliphatic heterocycles. The van der Waals surface area contributed by atoms with Crippen LogP contribution in [0.4, 0.5) is 0 Å². The Morgan fingerprint density at radius 2 is 2.28 bits per heavy atom. The van der Waals surface area contributed by atoms with Gasteiger partial charge in [-0.25, -0.2) is 0 Å². The van der Waals surface area contributed by atoms with Gasteiger partial charge in [0.25, 0.3) is 5.56 Å². The molecule has 0 unspecified atom stereocenters. The van der Waals surface area contributed by atoms with Gasteiger partial charge >= 0.3 is 5.97 Å². The number of pyridine rings is 1. The molecule has 0 fully saturated rings. The molecule has 0 bridgehead atoms. The van der Waals surface area contributed by atoms with E-state index in [0.29, 0.717) is 5.16 Å². The molecule has 2 aromatic rings. The Labute approximate surface area is 106 Å². The van der Waals surface area contributed by atoms with Crippen LogP contribution in [-0.2, 0) is 4.79 Å². The highest BCUT2D eigenvalue weighted by Gasteiger charge is 2.08. The van der Waals surface area contributed by atoms with Gasteiger partial charge in [-0.1, -0.05) is 11.8 Å². The van der Waals surface area contributed by atoms with Crippen LogP contribution < -0.4 is 5.56 Å². The van der Waals surface area contributed by atoms with Crippen LogP contribution in [0, 0.1) is 0 Å². The Bertz CT molecular complexity index is 612. The zero-order valence-corrected chi connectivity index (χ0v) is 10.0. The van der Waals surface area contributed by atoms with E-state index in [0.717, 1.165) is 17.4 Å². The maximum Gasteiger partial charge on any atom is 0.313 e. The number of aliphatic carboxylic acids is 1. The summed E-state index contributed by atoms with van der Waals surface area (Å²) in [6, 6.07) is 4.86. The van der Waals surface area contributed by atoms with E-state index in [9.17, 15) is 9.59 Å². The number of thioether (sulfide) groups is 1. The monoisotopic (exact) mass is 263 g/mol. The number of hydrogen-bond donors (Lipinski definition) is 1. The van der Waals surface area contributed by atoms with Gasteiger partial charge in [0.15, 0.2) is 5.16 Å². The first kappa shape index (κ1) is 12.3. The topological polar surface area (TPSA) is 85.1 Å². The third kappa shape index (κ3) is 2.95. The van der Waals surface area contributed by atoms with Crippen molar-refractivity contribution < 1.29 is 9.90 Å². The van der Waals surface area contributed by atoms with Gasteiger partial charge in [0.1, 0.15) is 0 Å². The minimum absolute atomic E-state index is 0.156. The second-order valence-electron chi connectivity index (χ2n) is 3.31. The van der Waals surface area contributed by atoms with E-state index in [1.807, 2.05) is 0 Å². The zero-order chi connectivity index (χ0) is 13.0. The Hall–Kier alpha value is -2.15. The third-order valence-electron chi connectivity index (χ3n) is 2.03. The molecule has 0 aliphatic carbocycles. The van der Waals surface area contributed by atoms with E-state index >= 15 is 0 Å². The van der Waals surface area contributed by atoms with E-state index in [2.05, 4.69) is 9.97 Å². The molecular formula is C11H9N3O3S. The molecule has 0 saturated heterocycles. The molecule has 0 radical (unpaired) electrons. The maximum atomic E-state index is 11.2. The van der Waals surface area contributed by atoms with Crippen molar-refractivity contribution in [2.75, 3.05) is 5.75 Å². The molecule has 1 N–H and O–H groups in total. The fourth-order valence-corrected chi connectivity index (χ4v) is 2.02. The van der Waals surface area contributed by atoms with Crippen molar-refractivity contribution in [3.05, 3.63) is 47.1 Å². The number of nitrogens with zero attached hydrogens (tertiary/aromatic N) is 3. The SMILES string of the molecule is O=C(O)CSc1nc(=O)ccn1-c1cccnc1. The van der Waals surface area contributed by atoms with E-state index in [4.69, 9.17) is 5.11 Å². The van der Waals surface area contributed by atoms with Gasteiger partial charge in [-0.2, -0.15) is 4.98 Å². The molecule has 0 atom stereocenters. The molecule has 0 amide bonds. The fourth-order valence-electron chi connectivity index (χ4n) is 1.31. The van der Waals surface area contributed by atoms with Crippen LogP contribution in [0.5, 0.6) is 0 Å². The summed E-state index contributed by atoms with van der Waals surface area (Å²) in [4.78, 5) is 29.5. The van der Waals surface area contributed by atoms with Gasteiger partial charge in [0.05, 0.1) is 17.6 Å². The van der Waals surface area contributed by atoms with Crippen molar-refractivity contribution in [3.63, 3.8) is 0 Å². The molecule has 7 heteroatoms. The molecular weight excluding hydrogens is 254 g/mol. The van der Waals surface area contributed by atoms with Crippen LogP contribution in [0.15, 0.2) is 46.7 Å². The van der Waals surface area contributed by atoms with Crippen LogP contribution in [0.25, 0.3) is 5.69 Å². The Kier molecular flexibility index (Phi) is 3.73. The molecule has 0 spiro atoms. The lowest BCUT2D eigenvalue weighted by Crippen LogP contribution is -2.13. The second kappa shape index (κ2) is 5.46. The minimum atomic E-state index is -0.962. The minimum Gasteiger partial charge on any atom is -0.481 e. The summed E-state index contributed by atoms with van der Waals surface area (Å²) in [5.41, 5.74) is 0.320. The zero-order valence-electron chi connectivity index (χ0n) is 9.18. The summed E-state index contributed by atoms with van der Waals surface area (Å²) < 4.78 is 1.63. The highest BCUT2D eigenvalue weighted by atomic mass is 32.2. The smallest absolute Gasteiger partial charge is 0.313 e. The van der Waals surface area contributed by atoms with Gasteiger partial charge in [-0.05, 0) is 12.1 Å². The molecule has 0 saturated carbocycles. The third-order valence-corrected chi connectivity index (χ3v) is 2.96. The molecule has 0 aliphatic rings. The summed E-state index contributed by atoms with van der Waals surface area (Å²) in [6.45, 7) is 0. The van der Waals surface area contributed by atoms with Gasteiger partial charge in [0, 0.05) is 18.5 Å². The predicted molar refractivity (Wildman–Crippen MR) is 66.0 cm³/mol. The lowest BCUT2D eigenvalue weighted by molar-refractivity contribution is -0.133. The van der Waals surface area contributed by atoms with Crippen LogP contribution in [0.2, 0.25) is 0 Å². The average Bonchev–Trinajstić information content (AvgIpc) is 2.37. The number of aromatic nitrogens is 3. The summed E-state index contributed by atoms with van der Waals surface area (Å²) in [7, 11) is 0. The Morgan fingerprint density at radius 3 is 2.94 bits per heavy atom. The van der Waals surface area contributed by atoms with E-state index in [-0.39, 0.29) is 5.75 Å². The van der Waals surface area contributed by atoms with Crippen LogP contribution in [0.3, 0.4) is 0 Å². The number of carboxylic acids is 1. The van der Waals surface area contributed by atoms with Crippen molar-refractivity contribution >= 4 is 17.7 Å². The molecule has 92 valence electrons. The number of carbonyl (C=O) groups is 1. The van der Waals surface area contributed by atoms with Crippen molar-refractivity contribution in [1.82, 2.24) is 14.5 Å². The largest absolute Gasteiger partial charge is 0.481 e. The number of rotatable bonds is 4. The first-order valence-corrected chi connectivity index (χ1v) is 6.00. The summed E-state index contributed by atoms with van der Waals surface area (Å²) in [6.07, 6.45) is 4.79. The van der Waals surface area contributed by atoms with Crippen molar-refractivity contribution in [2.45, 2.75) is 5.16 Å². The van der Waals surface area contributed by atoms with Crippen LogP contribution >= 0.6 is 11.8 Å². The van der Waals surface area contributed by atoms with E-state index in [1.54, 1.807) is 35.3 Å². The van der Waals surface area contributed by atoms with Gasteiger partial charge in [-0.15, -0.1) is 0 Å². The van der Waals surface area contributed by atoms with Crippen molar-refractivity contribution in [2.24, 2.45) is 0 Å². The predicted octanol–water partition coefficient (Wildman–Crippen LogP) is 0.804. The normalized spacial score (nSPS) is 10.2. The first-order valence-electron chi connectivity index (χ1n) is 5.01. The average molecular weight is 263 g/mol. The van der Waals surface area contributed by atoms with E-state index < -0.39 is 11.5 Å². The standard InChI is InChI=1S/C11H9N3O3S/c15-9-3-5-14(8-2-1-4-12-6-8)11(13-9)18-7-10(16)17/h1-6H,7H2,(H,16,17). The molecule has 6 nitrogen and oxygen atoms in total. The highest BCUT2D eigenvalue weighted by Crippen LogP contribution is 2.17.